The molecule has 0 saturated heterocycles. The molecular weight excluding hydrogens is 395 g/mol. The van der Waals surface area contributed by atoms with Gasteiger partial charge in [0, 0.05) is 30.9 Å². The first-order valence-corrected chi connectivity index (χ1v) is 9.98. The molecule has 4 rings (SSSR count). The zero-order valence-corrected chi connectivity index (χ0v) is 17.3. The van der Waals surface area contributed by atoms with E-state index in [-0.39, 0.29) is 5.82 Å². The van der Waals surface area contributed by atoms with Crippen molar-refractivity contribution in [2.45, 2.75) is 6.54 Å². The Morgan fingerprint density at radius 3 is 2.30 bits per heavy atom. The molecule has 0 aliphatic rings. The van der Waals surface area contributed by atoms with Crippen molar-refractivity contribution in [2.75, 3.05) is 12.4 Å². The number of benzene rings is 3. The minimum atomic E-state index is -0.338. The Morgan fingerprint density at radius 1 is 0.967 bits per heavy atom. The fourth-order valence-corrected chi connectivity index (χ4v) is 3.35. The van der Waals surface area contributed by atoms with Crippen molar-refractivity contribution in [1.29, 1.82) is 0 Å². The molecule has 1 N–H and O–H groups in total. The summed E-state index contributed by atoms with van der Waals surface area (Å²) in [6, 6.07) is 26.5. The molecule has 0 atom stereocenters. The van der Waals surface area contributed by atoms with Crippen LogP contribution in [0.25, 0.3) is 16.9 Å². The zero-order chi connectivity index (χ0) is 20.9. The standard InChI is InChI=1S/C24H21FN4S/c1-28(24(30)26-22-15-9-8-14-21(22)25)16-19-17-29(20-12-6-3-7-13-20)27-23(19)18-10-4-2-5-11-18/h2-15,17H,16H2,1H3,(H,26,30). The highest BCUT2D eigenvalue weighted by atomic mass is 32.1. The molecule has 150 valence electrons. The Balaban J connectivity index is 1.61. The first kappa shape index (κ1) is 19.8. The molecule has 0 aliphatic carbocycles. The molecule has 4 aromatic rings. The number of rotatable bonds is 5. The molecule has 0 radical (unpaired) electrons. The van der Waals surface area contributed by atoms with Gasteiger partial charge in [-0.3, -0.25) is 0 Å². The molecule has 1 aromatic heterocycles. The third-order valence-electron chi connectivity index (χ3n) is 4.73. The van der Waals surface area contributed by atoms with E-state index in [1.54, 1.807) is 18.2 Å². The van der Waals surface area contributed by atoms with Gasteiger partial charge in [0.2, 0.25) is 0 Å². The van der Waals surface area contributed by atoms with Gasteiger partial charge in [-0.25, -0.2) is 9.07 Å². The van der Waals surface area contributed by atoms with Crippen LogP contribution in [0.2, 0.25) is 0 Å². The van der Waals surface area contributed by atoms with Crippen LogP contribution in [0.3, 0.4) is 0 Å². The maximum absolute atomic E-state index is 14.0. The van der Waals surface area contributed by atoms with Crippen molar-refractivity contribution in [2.24, 2.45) is 0 Å². The molecule has 3 aromatic carbocycles. The lowest BCUT2D eigenvalue weighted by Gasteiger charge is -2.21. The number of hydrogen-bond acceptors (Lipinski definition) is 2. The predicted molar refractivity (Wildman–Crippen MR) is 123 cm³/mol. The lowest BCUT2D eigenvalue weighted by atomic mass is 10.1. The molecule has 0 saturated carbocycles. The summed E-state index contributed by atoms with van der Waals surface area (Å²) in [4.78, 5) is 1.88. The minimum absolute atomic E-state index is 0.338. The van der Waals surface area contributed by atoms with Crippen LogP contribution in [0.1, 0.15) is 5.56 Å². The number of hydrogen-bond donors (Lipinski definition) is 1. The normalized spacial score (nSPS) is 10.6. The van der Waals surface area contributed by atoms with E-state index >= 15 is 0 Å². The number of anilines is 1. The van der Waals surface area contributed by atoms with Crippen LogP contribution < -0.4 is 5.32 Å². The highest BCUT2D eigenvalue weighted by Gasteiger charge is 2.16. The Kier molecular flexibility index (Phi) is 5.86. The quantitative estimate of drug-likeness (QED) is 0.435. The number of para-hydroxylation sites is 2. The summed E-state index contributed by atoms with van der Waals surface area (Å²) in [6.07, 6.45) is 2.01. The number of halogens is 1. The molecule has 0 amide bonds. The van der Waals surface area contributed by atoms with Crippen LogP contribution in [-0.4, -0.2) is 26.8 Å². The second-order valence-corrected chi connectivity index (χ2v) is 7.30. The number of nitrogens with zero attached hydrogens (tertiary/aromatic N) is 3. The van der Waals surface area contributed by atoms with Gasteiger partial charge in [-0.05, 0) is 36.5 Å². The number of aromatic nitrogens is 2. The van der Waals surface area contributed by atoms with Crippen LogP contribution in [-0.2, 0) is 6.54 Å². The maximum atomic E-state index is 14.0. The largest absolute Gasteiger partial charge is 0.348 e. The van der Waals surface area contributed by atoms with E-state index in [0.717, 1.165) is 22.5 Å². The van der Waals surface area contributed by atoms with Gasteiger partial charge in [-0.1, -0.05) is 60.7 Å². The molecular formula is C24H21FN4S. The van der Waals surface area contributed by atoms with Crippen LogP contribution in [0.5, 0.6) is 0 Å². The summed E-state index contributed by atoms with van der Waals surface area (Å²) < 4.78 is 15.8. The van der Waals surface area contributed by atoms with Crippen molar-refractivity contribution in [3.8, 4) is 16.9 Å². The summed E-state index contributed by atoms with van der Waals surface area (Å²) in [7, 11) is 1.88. The third kappa shape index (κ3) is 4.39. The summed E-state index contributed by atoms with van der Waals surface area (Å²) >= 11 is 5.50. The average Bonchev–Trinajstić information content (AvgIpc) is 3.20. The smallest absolute Gasteiger partial charge is 0.173 e. The maximum Gasteiger partial charge on any atom is 0.173 e. The minimum Gasteiger partial charge on any atom is -0.348 e. The summed E-state index contributed by atoms with van der Waals surface area (Å²) in [5.74, 6) is -0.338. The third-order valence-corrected chi connectivity index (χ3v) is 5.14. The molecule has 4 nitrogen and oxygen atoms in total. The molecule has 0 unspecified atom stereocenters. The van der Waals surface area contributed by atoms with Crippen molar-refractivity contribution in [1.82, 2.24) is 14.7 Å². The van der Waals surface area contributed by atoms with E-state index in [4.69, 9.17) is 17.3 Å². The predicted octanol–water partition coefficient (Wildman–Crippen LogP) is 5.51. The van der Waals surface area contributed by atoms with Crippen molar-refractivity contribution in [3.05, 3.63) is 103 Å². The molecule has 30 heavy (non-hydrogen) atoms. The number of nitrogens with one attached hydrogen (secondary N) is 1. The van der Waals surface area contributed by atoms with E-state index in [1.165, 1.54) is 6.07 Å². The average molecular weight is 417 g/mol. The first-order chi connectivity index (χ1) is 14.6. The topological polar surface area (TPSA) is 33.1 Å². The van der Waals surface area contributed by atoms with Gasteiger partial charge in [-0.15, -0.1) is 0 Å². The fraction of sp³-hybridized carbons (Fsp3) is 0.0833. The molecule has 1 heterocycles. The monoisotopic (exact) mass is 416 g/mol. The summed E-state index contributed by atoms with van der Waals surface area (Å²) in [6.45, 7) is 0.525. The fourth-order valence-electron chi connectivity index (χ4n) is 3.18. The lowest BCUT2D eigenvalue weighted by Crippen LogP contribution is -2.30. The lowest BCUT2D eigenvalue weighted by molar-refractivity contribution is 0.508. The van der Waals surface area contributed by atoms with Gasteiger partial charge >= 0.3 is 0 Å². The van der Waals surface area contributed by atoms with Gasteiger partial charge in [0.15, 0.2) is 5.11 Å². The van der Waals surface area contributed by atoms with Crippen LogP contribution >= 0.6 is 12.2 Å². The van der Waals surface area contributed by atoms with E-state index < -0.39 is 0 Å². The van der Waals surface area contributed by atoms with Gasteiger partial charge in [0.05, 0.1) is 17.1 Å². The van der Waals surface area contributed by atoms with E-state index in [1.807, 2.05) is 83.5 Å². The second-order valence-electron chi connectivity index (χ2n) is 6.92. The highest BCUT2D eigenvalue weighted by Crippen LogP contribution is 2.25. The summed E-state index contributed by atoms with van der Waals surface area (Å²) in [5, 5.41) is 8.25. The molecule has 6 heteroatoms. The Hall–Kier alpha value is -3.51. The van der Waals surface area contributed by atoms with Crippen molar-refractivity contribution >= 4 is 23.0 Å². The molecule has 0 spiro atoms. The molecule has 0 aliphatic heterocycles. The number of thiocarbonyl (C=S) groups is 1. The van der Waals surface area contributed by atoms with Crippen molar-refractivity contribution in [3.63, 3.8) is 0 Å². The van der Waals surface area contributed by atoms with Crippen LogP contribution in [0.4, 0.5) is 10.1 Å². The highest BCUT2D eigenvalue weighted by molar-refractivity contribution is 7.80. The Labute approximate surface area is 180 Å². The molecule has 0 bridgehead atoms. The Morgan fingerprint density at radius 2 is 1.60 bits per heavy atom. The molecule has 0 fully saturated rings. The van der Waals surface area contributed by atoms with E-state index in [0.29, 0.717) is 17.3 Å². The van der Waals surface area contributed by atoms with Gasteiger partial charge in [0.1, 0.15) is 5.82 Å². The van der Waals surface area contributed by atoms with E-state index in [2.05, 4.69) is 5.32 Å². The van der Waals surface area contributed by atoms with Gasteiger partial charge < -0.3 is 10.2 Å². The Bertz CT molecular complexity index is 1140. The first-order valence-electron chi connectivity index (χ1n) is 9.58. The van der Waals surface area contributed by atoms with E-state index in [9.17, 15) is 4.39 Å². The van der Waals surface area contributed by atoms with Crippen molar-refractivity contribution < 1.29 is 4.39 Å². The van der Waals surface area contributed by atoms with Gasteiger partial charge in [-0.2, -0.15) is 5.10 Å². The van der Waals surface area contributed by atoms with Crippen LogP contribution in [0.15, 0.2) is 91.1 Å². The summed E-state index contributed by atoms with van der Waals surface area (Å²) in [5.41, 5.74) is 4.28. The SMILES string of the molecule is CN(Cc1cn(-c2ccccc2)nc1-c1ccccc1)C(=S)Nc1ccccc1F. The van der Waals surface area contributed by atoms with Crippen LogP contribution in [0, 0.1) is 5.82 Å². The second kappa shape index (κ2) is 8.88. The zero-order valence-electron chi connectivity index (χ0n) is 16.5. The van der Waals surface area contributed by atoms with Gasteiger partial charge in [0.25, 0.3) is 0 Å².